The van der Waals surface area contributed by atoms with E-state index >= 15 is 0 Å². The maximum absolute atomic E-state index is 12.7. The minimum absolute atomic E-state index is 0.0515. The zero-order valence-corrected chi connectivity index (χ0v) is 16.0. The van der Waals surface area contributed by atoms with Crippen molar-refractivity contribution in [2.45, 2.75) is 0 Å². The van der Waals surface area contributed by atoms with Gasteiger partial charge in [0.2, 0.25) is 0 Å². The first kappa shape index (κ1) is 17.1. The number of aromatic nitrogens is 2. The number of carbonyl (C=O) groups excluding carboxylic acids is 1. The van der Waals surface area contributed by atoms with E-state index in [-0.39, 0.29) is 5.91 Å². The molecule has 1 aliphatic heterocycles. The normalized spacial score (nSPS) is 14.8. The molecule has 0 bridgehead atoms. The van der Waals surface area contributed by atoms with Crippen LogP contribution in [0.4, 0.5) is 5.82 Å². The van der Waals surface area contributed by atoms with Crippen LogP contribution >= 0.6 is 11.6 Å². The van der Waals surface area contributed by atoms with E-state index in [1.54, 1.807) is 24.3 Å². The molecule has 0 aliphatic carbocycles. The van der Waals surface area contributed by atoms with Crippen molar-refractivity contribution in [3.63, 3.8) is 0 Å². The van der Waals surface area contributed by atoms with Gasteiger partial charge in [0.25, 0.3) is 5.91 Å². The van der Waals surface area contributed by atoms with Crippen molar-refractivity contribution >= 4 is 39.9 Å². The number of rotatable bonds is 2. The van der Waals surface area contributed by atoms with Crippen LogP contribution in [0.1, 0.15) is 10.4 Å². The quantitative estimate of drug-likeness (QED) is 0.517. The smallest absolute Gasteiger partial charge is 0.253 e. The van der Waals surface area contributed by atoms with Gasteiger partial charge in [-0.05, 0) is 48.5 Å². The van der Waals surface area contributed by atoms with Crippen LogP contribution in [0.3, 0.4) is 0 Å². The lowest BCUT2D eigenvalue weighted by atomic mass is 10.2. The van der Waals surface area contributed by atoms with Gasteiger partial charge in [-0.1, -0.05) is 23.7 Å². The first-order chi connectivity index (χ1) is 13.7. The Morgan fingerprint density at radius 2 is 1.57 bits per heavy atom. The predicted octanol–water partition coefficient (Wildman–Crippen LogP) is 4.10. The van der Waals surface area contributed by atoms with Gasteiger partial charge in [-0.3, -0.25) is 4.79 Å². The van der Waals surface area contributed by atoms with E-state index in [0.29, 0.717) is 23.7 Å². The van der Waals surface area contributed by atoms with Gasteiger partial charge in [0.1, 0.15) is 0 Å². The molecule has 1 amide bonds. The first-order valence-electron chi connectivity index (χ1n) is 9.36. The Kier molecular flexibility index (Phi) is 4.17. The van der Waals surface area contributed by atoms with Gasteiger partial charge in [0.15, 0.2) is 5.82 Å². The molecule has 2 aromatic carbocycles. The molecule has 6 heteroatoms. The van der Waals surface area contributed by atoms with Crippen LogP contribution in [0.5, 0.6) is 0 Å². The van der Waals surface area contributed by atoms with Crippen molar-refractivity contribution in [1.82, 2.24) is 14.3 Å². The molecule has 0 saturated carbocycles. The Labute approximate surface area is 167 Å². The summed E-state index contributed by atoms with van der Waals surface area (Å²) in [6.07, 6.45) is 2.07. The Morgan fingerprint density at radius 3 is 2.36 bits per heavy atom. The zero-order chi connectivity index (χ0) is 19.1. The van der Waals surface area contributed by atoms with Crippen LogP contribution in [-0.4, -0.2) is 46.4 Å². The number of nitrogens with zero attached hydrogens (tertiary/aromatic N) is 4. The second kappa shape index (κ2) is 6.84. The lowest BCUT2D eigenvalue weighted by Gasteiger charge is -2.35. The maximum Gasteiger partial charge on any atom is 0.253 e. The lowest BCUT2D eigenvalue weighted by Crippen LogP contribution is -2.49. The van der Waals surface area contributed by atoms with Gasteiger partial charge >= 0.3 is 0 Å². The Hall–Kier alpha value is -3.05. The third kappa shape index (κ3) is 2.88. The molecule has 0 N–H and O–H groups in total. The van der Waals surface area contributed by atoms with E-state index < -0.39 is 0 Å². The number of piperazine rings is 1. The summed E-state index contributed by atoms with van der Waals surface area (Å²) < 4.78 is 2.18. The van der Waals surface area contributed by atoms with E-state index in [1.807, 2.05) is 29.2 Å². The van der Waals surface area contributed by atoms with Crippen molar-refractivity contribution in [1.29, 1.82) is 0 Å². The van der Waals surface area contributed by atoms with Crippen LogP contribution in [-0.2, 0) is 0 Å². The van der Waals surface area contributed by atoms with Crippen molar-refractivity contribution in [2.75, 3.05) is 31.1 Å². The topological polar surface area (TPSA) is 40.9 Å². The first-order valence-corrected chi connectivity index (χ1v) is 9.74. The van der Waals surface area contributed by atoms with Gasteiger partial charge in [0.05, 0.1) is 16.6 Å². The molecular weight excluding hydrogens is 372 g/mol. The molecule has 3 heterocycles. The van der Waals surface area contributed by atoms with Gasteiger partial charge < -0.3 is 14.2 Å². The molecular formula is C22H19ClN4O. The highest BCUT2D eigenvalue weighted by Gasteiger charge is 2.24. The van der Waals surface area contributed by atoms with Crippen molar-refractivity contribution in [3.8, 4) is 0 Å². The summed E-state index contributed by atoms with van der Waals surface area (Å²) in [5, 5.41) is 0.639. The van der Waals surface area contributed by atoms with E-state index in [1.165, 1.54) is 0 Å². The fourth-order valence-corrected chi connectivity index (χ4v) is 3.96. The molecule has 28 heavy (non-hydrogen) atoms. The third-order valence-corrected chi connectivity index (χ3v) is 5.56. The summed E-state index contributed by atoms with van der Waals surface area (Å²) in [6.45, 7) is 2.85. The van der Waals surface area contributed by atoms with Crippen molar-refractivity contribution < 1.29 is 4.79 Å². The van der Waals surface area contributed by atoms with Gasteiger partial charge in [-0.15, -0.1) is 0 Å². The Bertz CT molecular complexity index is 1160. The lowest BCUT2D eigenvalue weighted by molar-refractivity contribution is 0.0746. The molecule has 4 aromatic rings. The monoisotopic (exact) mass is 390 g/mol. The highest BCUT2D eigenvalue weighted by atomic mass is 35.5. The van der Waals surface area contributed by atoms with Gasteiger partial charge in [-0.25, -0.2) is 4.98 Å². The standard InChI is InChI=1S/C22H19ClN4O/c23-17-9-7-16(8-10-17)22(28)26-14-12-25(13-15-26)21-20-6-3-11-27(20)19-5-2-1-4-18(19)24-21/h1-11H,12-15H2. The highest BCUT2D eigenvalue weighted by molar-refractivity contribution is 6.30. The molecule has 0 spiro atoms. The zero-order valence-electron chi connectivity index (χ0n) is 15.3. The summed E-state index contributed by atoms with van der Waals surface area (Å²) in [5.74, 6) is 1.03. The Balaban J connectivity index is 1.40. The second-order valence-corrected chi connectivity index (χ2v) is 7.41. The molecule has 2 aromatic heterocycles. The number of benzene rings is 2. The second-order valence-electron chi connectivity index (χ2n) is 6.97. The minimum Gasteiger partial charge on any atom is -0.351 e. The number of para-hydroxylation sites is 2. The van der Waals surface area contributed by atoms with E-state index in [9.17, 15) is 4.79 Å². The summed E-state index contributed by atoms with van der Waals surface area (Å²) in [4.78, 5) is 21.8. The fraction of sp³-hybridized carbons (Fsp3) is 0.182. The van der Waals surface area contributed by atoms with E-state index in [2.05, 4.69) is 27.6 Å². The number of fused-ring (bicyclic) bond motifs is 3. The molecule has 0 atom stereocenters. The molecule has 1 fully saturated rings. The fourth-order valence-electron chi connectivity index (χ4n) is 3.84. The summed E-state index contributed by atoms with van der Waals surface area (Å²) in [6, 6.07) is 19.4. The van der Waals surface area contributed by atoms with Crippen LogP contribution in [0.2, 0.25) is 5.02 Å². The Morgan fingerprint density at radius 1 is 0.857 bits per heavy atom. The summed E-state index contributed by atoms with van der Waals surface area (Å²) >= 11 is 5.93. The van der Waals surface area contributed by atoms with Gasteiger partial charge in [0, 0.05) is 43.0 Å². The largest absolute Gasteiger partial charge is 0.351 e. The molecule has 1 aliphatic rings. The average molecular weight is 391 g/mol. The van der Waals surface area contributed by atoms with Gasteiger partial charge in [-0.2, -0.15) is 0 Å². The number of amides is 1. The number of anilines is 1. The summed E-state index contributed by atoms with van der Waals surface area (Å²) in [5.41, 5.74) is 3.84. The molecule has 5 nitrogen and oxygen atoms in total. The summed E-state index contributed by atoms with van der Waals surface area (Å²) in [7, 11) is 0. The number of hydrogen-bond donors (Lipinski definition) is 0. The van der Waals surface area contributed by atoms with E-state index in [0.717, 1.165) is 35.5 Å². The average Bonchev–Trinajstić information content (AvgIpc) is 3.24. The number of halogens is 1. The third-order valence-electron chi connectivity index (χ3n) is 5.30. The number of hydrogen-bond acceptors (Lipinski definition) is 3. The molecule has 140 valence electrons. The molecule has 0 radical (unpaired) electrons. The maximum atomic E-state index is 12.7. The van der Waals surface area contributed by atoms with Crippen LogP contribution in [0.25, 0.3) is 16.6 Å². The van der Waals surface area contributed by atoms with Crippen molar-refractivity contribution in [3.05, 3.63) is 77.4 Å². The van der Waals surface area contributed by atoms with Crippen LogP contribution < -0.4 is 4.90 Å². The highest BCUT2D eigenvalue weighted by Crippen LogP contribution is 2.26. The molecule has 5 rings (SSSR count). The molecule has 1 saturated heterocycles. The number of carbonyl (C=O) groups is 1. The SMILES string of the molecule is O=C(c1ccc(Cl)cc1)N1CCN(c2nc3ccccc3n3cccc23)CC1. The van der Waals surface area contributed by atoms with Crippen LogP contribution in [0, 0.1) is 0 Å². The van der Waals surface area contributed by atoms with Crippen molar-refractivity contribution in [2.24, 2.45) is 0 Å². The van der Waals surface area contributed by atoms with Crippen LogP contribution in [0.15, 0.2) is 66.9 Å². The molecule has 0 unspecified atom stereocenters. The van der Waals surface area contributed by atoms with E-state index in [4.69, 9.17) is 16.6 Å². The predicted molar refractivity (Wildman–Crippen MR) is 112 cm³/mol. The minimum atomic E-state index is 0.0515.